The molecule has 0 unspecified atom stereocenters. The Labute approximate surface area is 157 Å². The van der Waals surface area contributed by atoms with Crippen molar-refractivity contribution in [2.45, 2.75) is 71.6 Å². The molecule has 1 aromatic rings. The van der Waals surface area contributed by atoms with Crippen molar-refractivity contribution in [3.05, 3.63) is 23.8 Å². The lowest BCUT2D eigenvalue weighted by atomic mass is 9.79. The number of unbranched alkanes of at least 4 members (excludes halogenated alkanes) is 1. The summed E-state index contributed by atoms with van der Waals surface area (Å²) in [5, 5.41) is 6.07. The zero-order valence-electron chi connectivity index (χ0n) is 16.1. The number of nitrogens with one attached hydrogen (secondary N) is 2. The summed E-state index contributed by atoms with van der Waals surface area (Å²) in [7, 11) is 0. The van der Waals surface area contributed by atoms with Crippen molar-refractivity contribution in [2.24, 2.45) is 17.8 Å². The molecular formula is C22H32N2O2. The minimum absolute atomic E-state index is 0.0940. The second-order valence-corrected chi connectivity index (χ2v) is 8.14. The number of hydrogen-bond donors (Lipinski definition) is 2. The van der Waals surface area contributed by atoms with E-state index < -0.39 is 0 Å². The summed E-state index contributed by atoms with van der Waals surface area (Å²) in [5.74, 6) is 1.33. The summed E-state index contributed by atoms with van der Waals surface area (Å²) >= 11 is 0. The zero-order valence-corrected chi connectivity index (χ0v) is 16.1. The Morgan fingerprint density at radius 3 is 2.19 bits per heavy atom. The molecule has 1 aromatic carbocycles. The molecule has 0 aliphatic heterocycles. The number of carbonyl (C=O) groups excluding carboxylic acids is 2. The summed E-state index contributed by atoms with van der Waals surface area (Å²) in [6, 6.07) is 5.75. The fraction of sp³-hybridized carbons (Fsp3) is 0.636. The van der Waals surface area contributed by atoms with Crippen molar-refractivity contribution < 1.29 is 9.59 Å². The van der Waals surface area contributed by atoms with Crippen molar-refractivity contribution in [1.29, 1.82) is 0 Å². The van der Waals surface area contributed by atoms with E-state index in [1.165, 1.54) is 32.1 Å². The second-order valence-electron chi connectivity index (χ2n) is 8.14. The third kappa shape index (κ3) is 5.09. The van der Waals surface area contributed by atoms with Crippen molar-refractivity contribution in [2.75, 3.05) is 10.6 Å². The van der Waals surface area contributed by atoms with Crippen molar-refractivity contribution in [1.82, 2.24) is 0 Å². The molecule has 2 aliphatic carbocycles. The lowest BCUT2D eigenvalue weighted by molar-refractivity contribution is -0.121. The fourth-order valence-electron chi connectivity index (χ4n) is 3.87. The van der Waals surface area contributed by atoms with Gasteiger partial charge in [0.25, 0.3) is 0 Å². The van der Waals surface area contributed by atoms with Crippen LogP contribution in [-0.4, -0.2) is 11.8 Å². The Balaban J connectivity index is 1.54. The van der Waals surface area contributed by atoms with E-state index in [1.54, 1.807) is 0 Å². The van der Waals surface area contributed by atoms with Crippen LogP contribution in [0.25, 0.3) is 0 Å². The van der Waals surface area contributed by atoms with Crippen LogP contribution in [0.2, 0.25) is 0 Å². The zero-order chi connectivity index (χ0) is 18.5. The molecule has 2 N–H and O–H groups in total. The predicted molar refractivity (Wildman–Crippen MR) is 106 cm³/mol. The number of amides is 2. The Morgan fingerprint density at radius 2 is 1.58 bits per heavy atom. The first kappa shape index (κ1) is 18.9. The number of anilines is 2. The van der Waals surface area contributed by atoms with Crippen molar-refractivity contribution in [3.8, 4) is 0 Å². The van der Waals surface area contributed by atoms with Gasteiger partial charge in [-0.25, -0.2) is 0 Å². The number of hydrogen-bond acceptors (Lipinski definition) is 2. The van der Waals surface area contributed by atoms with Crippen molar-refractivity contribution >= 4 is 23.2 Å². The van der Waals surface area contributed by atoms with Crippen LogP contribution in [0.3, 0.4) is 0 Å². The SMILES string of the molecule is CCCCC1CCC(C(=O)Nc2cc(NC(=O)C3CC3)ccc2C)CC1. The van der Waals surface area contributed by atoms with Crippen LogP contribution < -0.4 is 10.6 Å². The Hall–Kier alpha value is -1.84. The van der Waals surface area contributed by atoms with Crippen LogP contribution >= 0.6 is 0 Å². The highest BCUT2D eigenvalue weighted by Crippen LogP contribution is 2.33. The molecule has 0 spiro atoms. The lowest BCUT2D eigenvalue weighted by Crippen LogP contribution is -2.27. The Bertz CT molecular complexity index is 644. The standard InChI is InChI=1S/C22H32N2O2/c1-3-4-5-16-7-9-17(10-8-16)22(26)24-20-14-19(13-6-15(20)2)23-21(25)18-11-12-18/h6,13-14,16-18H,3-5,7-12H2,1-2H3,(H,23,25)(H,24,26). The maximum absolute atomic E-state index is 12.7. The third-order valence-corrected chi connectivity index (χ3v) is 5.89. The monoisotopic (exact) mass is 356 g/mol. The van der Waals surface area contributed by atoms with Gasteiger partial charge in [-0.2, -0.15) is 0 Å². The van der Waals surface area contributed by atoms with Crippen LogP contribution in [0.5, 0.6) is 0 Å². The number of rotatable bonds is 7. The van der Waals surface area contributed by atoms with Crippen LogP contribution in [0.15, 0.2) is 18.2 Å². The summed E-state index contributed by atoms with van der Waals surface area (Å²) < 4.78 is 0. The molecule has 2 amide bonds. The van der Waals surface area contributed by atoms with E-state index in [4.69, 9.17) is 0 Å². The fourth-order valence-corrected chi connectivity index (χ4v) is 3.87. The maximum atomic E-state index is 12.7. The topological polar surface area (TPSA) is 58.2 Å². The highest BCUT2D eigenvalue weighted by molar-refractivity contribution is 5.97. The van der Waals surface area contributed by atoms with Crippen LogP contribution in [0, 0.1) is 24.7 Å². The van der Waals surface area contributed by atoms with E-state index in [0.29, 0.717) is 0 Å². The number of carbonyl (C=O) groups is 2. The lowest BCUT2D eigenvalue weighted by Gasteiger charge is -2.28. The van der Waals surface area contributed by atoms with Crippen LogP contribution in [0.1, 0.15) is 70.3 Å². The van der Waals surface area contributed by atoms with Gasteiger partial charge in [0.15, 0.2) is 0 Å². The van der Waals surface area contributed by atoms with Gasteiger partial charge in [0, 0.05) is 23.2 Å². The Kier molecular flexibility index (Phi) is 6.33. The first-order chi connectivity index (χ1) is 12.6. The molecule has 4 nitrogen and oxygen atoms in total. The molecule has 26 heavy (non-hydrogen) atoms. The highest BCUT2D eigenvalue weighted by atomic mass is 16.2. The summed E-state index contributed by atoms with van der Waals surface area (Å²) in [5.41, 5.74) is 2.61. The molecule has 2 fully saturated rings. The van der Waals surface area contributed by atoms with E-state index in [1.807, 2.05) is 25.1 Å². The minimum Gasteiger partial charge on any atom is -0.326 e. The average Bonchev–Trinajstić information content (AvgIpc) is 3.48. The molecule has 0 atom stereocenters. The molecule has 0 radical (unpaired) electrons. The molecule has 2 saturated carbocycles. The molecular weight excluding hydrogens is 324 g/mol. The van der Waals surface area contributed by atoms with E-state index in [0.717, 1.165) is 48.5 Å². The molecule has 0 bridgehead atoms. The van der Waals surface area contributed by atoms with Gasteiger partial charge < -0.3 is 10.6 Å². The van der Waals surface area contributed by atoms with E-state index in [-0.39, 0.29) is 23.7 Å². The van der Waals surface area contributed by atoms with Gasteiger partial charge >= 0.3 is 0 Å². The van der Waals surface area contributed by atoms with Gasteiger partial charge in [-0.1, -0.05) is 32.3 Å². The smallest absolute Gasteiger partial charge is 0.227 e. The first-order valence-corrected chi connectivity index (χ1v) is 10.3. The maximum Gasteiger partial charge on any atom is 0.227 e. The van der Waals surface area contributed by atoms with Crippen LogP contribution in [0.4, 0.5) is 11.4 Å². The molecule has 142 valence electrons. The molecule has 2 aliphatic rings. The molecule has 0 aromatic heterocycles. The minimum atomic E-state index is 0.0940. The normalized spacial score (nSPS) is 22.7. The molecule has 4 heteroatoms. The Morgan fingerprint density at radius 1 is 0.962 bits per heavy atom. The predicted octanol–water partition coefficient (Wildman–Crippen LogP) is 5.28. The van der Waals surface area contributed by atoms with Crippen LogP contribution in [-0.2, 0) is 9.59 Å². The van der Waals surface area contributed by atoms with Crippen molar-refractivity contribution in [3.63, 3.8) is 0 Å². The molecule has 0 saturated heterocycles. The second kappa shape index (κ2) is 8.70. The molecule has 0 heterocycles. The quantitative estimate of drug-likeness (QED) is 0.698. The van der Waals surface area contributed by atoms with E-state index in [2.05, 4.69) is 17.6 Å². The van der Waals surface area contributed by atoms with Gasteiger partial charge in [-0.15, -0.1) is 0 Å². The molecule has 3 rings (SSSR count). The van der Waals surface area contributed by atoms with Gasteiger partial charge in [-0.3, -0.25) is 9.59 Å². The summed E-state index contributed by atoms with van der Waals surface area (Å²) in [6.45, 7) is 4.23. The van der Waals surface area contributed by atoms with Gasteiger partial charge in [0.2, 0.25) is 11.8 Å². The summed E-state index contributed by atoms with van der Waals surface area (Å²) in [4.78, 5) is 24.6. The number of aryl methyl sites for hydroxylation is 1. The summed E-state index contributed by atoms with van der Waals surface area (Å²) in [6.07, 6.45) is 10.2. The average molecular weight is 357 g/mol. The van der Waals surface area contributed by atoms with Gasteiger partial charge in [0.05, 0.1) is 0 Å². The van der Waals surface area contributed by atoms with E-state index >= 15 is 0 Å². The largest absolute Gasteiger partial charge is 0.326 e. The van der Waals surface area contributed by atoms with Gasteiger partial charge in [0.1, 0.15) is 0 Å². The third-order valence-electron chi connectivity index (χ3n) is 5.89. The highest BCUT2D eigenvalue weighted by Gasteiger charge is 2.30. The number of benzene rings is 1. The van der Waals surface area contributed by atoms with Gasteiger partial charge in [-0.05, 0) is 69.1 Å². The first-order valence-electron chi connectivity index (χ1n) is 10.3. The van der Waals surface area contributed by atoms with E-state index in [9.17, 15) is 9.59 Å².